The summed E-state index contributed by atoms with van der Waals surface area (Å²) in [7, 11) is -3.67. The highest BCUT2D eigenvalue weighted by Crippen LogP contribution is 2.21. The van der Waals surface area contributed by atoms with E-state index in [4.69, 9.17) is 4.55 Å². The molecule has 2 N–H and O–H groups in total. The fourth-order valence-electron chi connectivity index (χ4n) is 1.01. The number of rotatable bonds is 1. The Balaban J connectivity index is 0.000000336. The average Bonchev–Trinajstić information content (AvgIpc) is 2.07. The van der Waals surface area contributed by atoms with Crippen molar-refractivity contribution < 1.29 is 18.1 Å². The lowest BCUT2D eigenvalue weighted by molar-refractivity contribution is 0.464. The van der Waals surface area contributed by atoms with Gasteiger partial charge in [0.05, 0.1) is 6.26 Å². The van der Waals surface area contributed by atoms with Crippen molar-refractivity contribution in [1.82, 2.24) is 0 Å². The molecule has 0 aromatic heterocycles. The van der Waals surface area contributed by atoms with Gasteiger partial charge in [-0.25, -0.2) is 0 Å². The SMILES string of the molecule is CCc1cccc(C)c1O.CS(=O)(=O)O. The minimum absolute atomic E-state index is 0.449. The Morgan fingerprint density at radius 3 is 2.13 bits per heavy atom. The molecule has 0 bridgehead atoms. The molecule has 1 aromatic carbocycles. The second kappa shape index (κ2) is 5.72. The Kier molecular flexibility index (Phi) is 5.32. The first-order valence-corrected chi connectivity index (χ1v) is 6.30. The number of hydrogen-bond acceptors (Lipinski definition) is 3. The summed E-state index contributed by atoms with van der Waals surface area (Å²) < 4.78 is 25.9. The van der Waals surface area contributed by atoms with Gasteiger partial charge in [-0.1, -0.05) is 25.1 Å². The largest absolute Gasteiger partial charge is 0.507 e. The number of hydrogen-bond donors (Lipinski definition) is 2. The number of aryl methyl sites for hydroxylation is 2. The van der Waals surface area contributed by atoms with Crippen LogP contribution in [0.1, 0.15) is 18.1 Å². The van der Waals surface area contributed by atoms with Crippen molar-refractivity contribution in [3.8, 4) is 5.75 Å². The molecule has 0 saturated carbocycles. The van der Waals surface area contributed by atoms with Gasteiger partial charge in [-0.3, -0.25) is 4.55 Å². The molecule has 5 heteroatoms. The summed E-state index contributed by atoms with van der Waals surface area (Å²) in [6.07, 6.45) is 1.61. The van der Waals surface area contributed by atoms with Crippen molar-refractivity contribution in [3.63, 3.8) is 0 Å². The summed E-state index contributed by atoms with van der Waals surface area (Å²) in [6.45, 7) is 3.95. The van der Waals surface area contributed by atoms with E-state index in [1.807, 2.05) is 32.0 Å². The zero-order chi connectivity index (χ0) is 12.1. The molecule has 0 aliphatic rings. The van der Waals surface area contributed by atoms with E-state index >= 15 is 0 Å². The molecule has 1 rings (SSSR count). The molecule has 4 nitrogen and oxygen atoms in total. The predicted molar refractivity (Wildman–Crippen MR) is 59.7 cm³/mol. The summed E-state index contributed by atoms with van der Waals surface area (Å²) in [5.74, 6) is 0.449. The number of benzene rings is 1. The molecule has 1 aromatic rings. The molecular formula is C10H16O4S. The van der Waals surface area contributed by atoms with Gasteiger partial charge >= 0.3 is 0 Å². The quantitative estimate of drug-likeness (QED) is 0.724. The van der Waals surface area contributed by atoms with Crippen LogP contribution in [0.3, 0.4) is 0 Å². The van der Waals surface area contributed by atoms with Crippen LogP contribution in [-0.4, -0.2) is 24.3 Å². The number of para-hydroxylation sites is 1. The van der Waals surface area contributed by atoms with Crippen molar-refractivity contribution in [2.45, 2.75) is 20.3 Å². The minimum atomic E-state index is -3.67. The minimum Gasteiger partial charge on any atom is -0.507 e. The van der Waals surface area contributed by atoms with Crippen molar-refractivity contribution in [3.05, 3.63) is 29.3 Å². The van der Waals surface area contributed by atoms with Crippen LogP contribution in [0.15, 0.2) is 18.2 Å². The normalized spacial score (nSPS) is 10.4. The summed E-state index contributed by atoms with van der Waals surface area (Å²) in [5, 5.41) is 9.40. The van der Waals surface area contributed by atoms with E-state index in [0.717, 1.165) is 17.5 Å². The van der Waals surface area contributed by atoms with Crippen molar-refractivity contribution in [2.75, 3.05) is 6.26 Å². The molecule has 0 fully saturated rings. The standard InChI is InChI=1S/C9H12O.CH4O3S/c1-3-8-6-4-5-7(2)9(8)10;1-5(2,3)4/h4-6,10H,3H2,1-2H3;1H3,(H,2,3,4). The maximum absolute atomic E-state index is 9.40. The van der Waals surface area contributed by atoms with Crippen LogP contribution in [-0.2, 0) is 16.5 Å². The molecular weight excluding hydrogens is 216 g/mol. The lowest BCUT2D eigenvalue weighted by Gasteiger charge is -2.02. The molecule has 0 radical (unpaired) electrons. The first-order valence-electron chi connectivity index (χ1n) is 4.45. The predicted octanol–water partition coefficient (Wildman–Crippen LogP) is 1.77. The summed E-state index contributed by atoms with van der Waals surface area (Å²) in [6, 6.07) is 5.82. The smallest absolute Gasteiger partial charge is 0.261 e. The highest BCUT2D eigenvalue weighted by atomic mass is 32.2. The van der Waals surface area contributed by atoms with Gasteiger partial charge < -0.3 is 5.11 Å². The number of phenols is 1. The lowest BCUT2D eigenvalue weighted by atomic mass is 10.1. The second-order valence-corrected chi connectivity index (χ2v) is 4.64. The Hall–Kier alpha value is -1.07. The molecule has 0 atom stereocenters. The molecule has 0 unspecified atom stereocenters. The van der Waals surface area contributed by atoms with E-state index in [0.29, 0.717) is 12.0 Å². The second-order valence-electron chi connectivity index (χ2n) is 3.17. The lowest BCUT2D eigenvalue weighted by Crippen LogP contribution is -1.88. The van der Waals surface area contributed by atoms with Crippen LogP contribution in [0.2, 0.25) is 0 Å². The van der Waals surface area contributed by atoms with E-state index in [1.54, 1.807) is 0 Å². The topological polar surface area (TPSA) is 74.6 Å². The third kappa shape index (κ3) is 6.93. The van der Waals surface area contributed by atoms with Crippen molar-refractivity contribution >= 4 is 10.1 Å². The fourth-order valence-corrected chi connectivity index (χ4v) is 1.01. The summed E-state index contributed by atoms with van der Waals surface area (Å²) in [4.78, 5) is 0. The van der Waals surface area contributed by atoms with Gasteiger partial charge in [0.2, 0.25) is 0 Å². The van der Waals surface area contributed by atoms with Crippen LogP contribution in [0.25, 0.3) is 0 Å². The highest BCUT2D eigenvalue weighted by molar-refractivity contribution is 7.85. The molecule has 0 spiro atoms. The Morgan fingerprint density at radius 1 is 1.33 bits per heavy atom. The first kappa shape index (κ1) is 13.9. The van der Waals surface area contributed by atoms with Gasteiger partial charge in [-0.2, -0.15) is 8.42 Å². The zero-order valence-electron chi connectivity index (χ0n) is 9.06. The maximum atomic E-state index is 9.40. The van der Waals surface area contributed by atoms with Crippen LogP contribution in [0.5, 0.6) is 5.75 Å². The van der Waals surface area contributed by atoms with Crippen LogP contribution >= 0.6 is 0 Å². The molecule has 0 aliphatic heterocycles. The Bertz CT molecular complexity index is 401. The molecule has 86 valence electrons. The van der Waals surface area contributed by atoms with Gasteiger partial charge in [-0.05, 0) is 24.5 Å². The van der Waals surface area contributed by atoms with Crippen LogP contribution in [0.4, 0.5) is 0 Å². The van der Waals surface area contributed by atoms with Crippen molar-refractivity contribution in [2.24, 2.45) is 0 Å². The molecule has 0 amide bonds. The average molecular weight is 232 g/mol. The molecule has 0 aliphatic carbocycles. The maximum Gasteiger partial charge on any atom is 0.261 e. The number of aromatic hydroxyl groups is 1. The number of phenolic OH excluding ortho intramolecular Hbond substituents is 1. The fraction of sp³-hybridized carbons (Fsp3) is 0.400. The molecule has 0 saturated heterocycles. The van der Waals surface area contributed by atoms with E-state index in [2.05, 4.69) is 0 Å². The van der Waals surface area contributed by atoms with E-state index in [1.165, 1.54) is 0 Å². The first-order chi connectivity index (χ1) is 6.75. The molecule has 15 heavy (non-hydrogen) atoms. The monoisotopic (exact) mass is 232 g/mol. The Morgan fingerprint density at radius 2 is 1.80 bits per heavy atom. The van der Waals surface area contributed by atoms with E-state index in [-0.39, 0.29) is 0 Å². The third-order valence-electron chi connectivity index (χ3n) is 1.70. The molecule has 0 heterocycles. The van der Waals surface area contributed by atoms with Gasteiger partial charge in [0.15, 0.2) is 0 Å². The van der Waals surface area contributed by atoms with Gasteiger partial charge in [0.1, 0.15) is 5.75 Å². The summed E-state index contributed by atoms with van der Waals surface area (Å²) >= 11 is 0. The van der Waals surface area contributed by atoms with Crippen LogP contribution in [0, 0.1) is 6.92 Å². The van der Waals surface area contributed by atoms with Crippen molar-refractivity contribution in [1.29, 1.82) is 0 Å². The van der Waals surface area contributed by atoms with Crippen LogP contribution < -0.4 is 0 Å². The van der Waals surface area contributed by atoms with Gasteiger partial charge in [0, 0.05) is 0 Å². The summed E-state index contributed by atoms with van der Waals surface area (Å²) in [5.41, 5.74) is 1.99. The van der Waals surface area contributed by atoms with Gasteiger partial charge in [0.25, 0.3) is 10.1 Å². The van der Waals surface area contributed by atoms with Gasteiger partial charge in [-0.15, -0.1) is 0 Å². The van der Waals surface area contributed by atoms with E-state index in [9.17, 15) is 13.5 Å². The van der Waals surface area contributed by atoms with E-state index < -0.39 is 10.1 Å². The third-order valence-corrected chi connectivity index (χ3v) is 1.70. The zero-order valence-corrected chi connectivity index (χ0v) is 9.87. The Labute approximate surface area is 90.3 Å². The highest BCUT2D eigenvalue weighted by Gasteiger charge is 1.98.